The number of hydrogen-bond acceptors (Lipinski definition) is 5. The van der Waals surface area contributed by atoms with Crippen molar-refractivity contribution >= 4 is 11.6 Å². The molecule has 2 rings (SSSR count). The van der Waals surface area contributed by atoms with Crippen LogP contribution in [0.4, 0.5) is 5.69 Å². The summed E-state index contributed by atoms with van der Waals surface area (Å²) in [6, 6.07) is 4.13. The van der Waals surface area contributed by atoms with Crippen molar-refractivity contribution in [2.75, 3.05) is 20.2 Å². The quantitative estimate of drug-likeness (QED) is 0.671. The van der Waals surface area contributed by atoms with Crippen LogP contribution in [0.15, 0.2) is 18.2 Å². The molecule has 0 spiro atoms. The van der Waals surface area contributed by atoms with Gasteiger partial charge in [-0.05, 0) is 18.4 Å². The molecule has 7 nitrogen and oxygen atoms in total. The molecule has 1 aromatic carbocycles. The fourth-order valence-electron chi connectivity index (χ4n) is 2.49. The van der Waals surface area contributed by atoms with Gasteiger partial charge < -0.3 is 15.4 Å². The molecule has 1 saturated heterocycles. The van der Waals surface area contributed by atoms with Crippen molar-refractivity contribution in [2.24, 2.45) is 11.7 Å². The molecule has 0 saturated carbocycles. The zero-order valence-corrected chi connectivity index (χ0v) is 12.1. The van der Waals surface area contributed by atoms with Crippen LogP contribution in [0.1, 0.15) is 23.7 Å². The van der Waals surface area contributed by atoms with E-state index in [0.29, 0.717) is 18.7 Å². The third-order valence-electron chi connectivity index (χ3n) is 3.89. The molecule has 2 unspecified atom stereocenters. The molecule has 1 aromatic rings. The molecule has 2 N–H and O–H groups in total. The lowest BCUT2D eigenvalue weighted by Gasteiger charge is -2.35. The van der Waals surface area contributed by atoms with Crippen LogP contribution in [0, 0.1) is 16.0 Å². The molecule has 21 heavy (non-hydrogen) atoms. The molecule has 0 bridgehead atoms. The minimum absolute atomic E-state index is 0.0996. The third-order valence-corrected chi connectivity index (χ3v) is 3.89. The number of ether oxygens (including phenoxy) is 1. The van der Waals surface area contributed by atoms with Crippen molar-refractivity contribution in [2.45, 2.75) is 19.4 Å². The molecule has 0 aliphatic carbocycles. The van der Waals surface area contributed by atoms with E-state index in [1.54, 1.807) is 4.90 Å². The van der Waals surface area contributed by atoms with Crippen LogP contribution in [0.3, 0.4) is 0 Å². The number of likely N-dealkylation sites (tertiary alicyclic amines) is 1. The fourth-order valence-corrected chi connectivity index (χ4v) is 2.49. The van der Waals surface area contributed by atoms with Crippen LogP contribution in [-0.4, -0.2) is 42.0 Å². The first-order chi connectivity index (χ1) is 9.93. The topological polar surface area (TPSA) is 98.7 Å². The predicted molar refractivity (Wildman–Crippen MR) is 77.3 cm³/mol. The maximum Gasteiger partial charge on any atom is 0.273 e. The van der Waals surface area contributed by atoms with E-state index in [0.717, 1.165) is 6.42 Å². The minimum Gasteiger partial charge on any atom is -0.496 e. The van der Waals surface area contributed by atoms with E-state index in [4.69, 9.17) is 10.5 Å². The fraction of sp³-hybridized carbons (Fsp3) is 0.500. The summed E-state index contributed by atoms with van der Waals surface area (Å²) in [5.41, 5.74) is 6.19. The van der Waals surface area contributed by atoms with Gasteiger partial charge in [0.2, 0.25) is 0 Å². The monoisotopic (exact) mass is 293 g/mol. The number of rotatable bonds is 3. The first-order valence-electron chi connectivity index (χ1n) is 6.81. The van der Waals surface area contributed by atoms with E-state index in [1.165, 1.54) is 25.3 Å². The standard InChI is InChI=1S/C14H19N3O4/c1-9-8-16(6-5-12(9)15)14(18)11-4-3-10(17(19)20)7-13(11)21-2/h3-4,7,9,12H,5-6,8,15H2,1-2H3. The van der Waals surface area contributed by atoms with Gasteiger partial charge in [-0.1, -0.05) is 6.92 Å². The number of methoxy groups -OCH3 is 1. The SMILES string of the molecule is COc1cc([N+](=O)[O-])ccc1C(=O)N1CCC(N)C(C)C1. The van der Waals surface area contributed by atoms with Gasteiger partial charge in [-0.3, -0.25) is 14.9 Å². The third kappa shape index (κ3) is 3.13. The van der Waals surface area contributed by atoms with E-state index in [1.807, 2.05) is 6.92 Å². The average Bonchev–Trinajstić information content (AvgIpc) is 2.48. The number of carbonyl (C=O) groups is 1. The summed E-state index contributed by atoms with van der Waals surface area (Å²) in [5.74, 6) is 0.268. The van der Waals surface area contributed by atoms with Gasteiger partial charge in [0.15, 0.2) is 0 Å². The van der Waals surface area contributed by atoms with Crippen LogP contribution >= 0.6 is 0 Å². The largest absolute Gasteiger partial charge is 0.496 e. The Morgan fingerprint density at radius 1 is 1.52 bits per heavy atom. The molecular weight excluding hydrogens is 274 g/mol. The second kappa shape index (κ2) is 6.09. The van der Waals surface area contributed by atoms with E-state index < -0.39 is 4.92 Å². The van der Waals surface area contributed by atoms with E-state index in [9.17, 15) is 14.9 Å². The molecule has 1 fully saturated rings. The zero-order chi connectivity index (χ0) is 15.6. The van der Waals surface area contributed by atoms with Crippen LogP contribution in [0.5, 0.6) is 5.75 Å². The van der Waals surface area contributed by atoms with E-state index in [-0.39, 0.29) is 29.3 Å². The summed E-state index contributed by atoms with van der Waals surface area (Å²) in [6.07, 6.45) is 0.752. The highest BCUT2D eigenvalue weighted by atomic mass is 16.6. The van der Waals surface area contributed by atoms with Gasteiger partial charge in [-0.15, -0.1) is 0 Å². The van der Waals surface area contributed by atoms with Gasteiger partial charge >= 0.3 is 0 Å². The number of nitrogens with two attached hydrogens (primary N) is 1. The van der Waals surface area contributed by atoms with Gasteiger partial charge in [-0.25, -0.2) is 0 Å². The molecule has 7 heteroatoms. The summed E-state index contributed by atoms with van der Waals surface area (Å²) in [5, 5.41) is 10.8. The van der Waals surface area contributed by atoms with E-state index >= 15 is 0 Å². The number of nitrogens with zero attached hydrogens (tertiary/aromatic N) is 2. The van der Waals surface area contributed by atoms with Gasteiger partial charge in [0, 0.05) is 25.2 Å². The number of amides is 1. The number of nitro benzene ring substituents is 1. The van der Waals surface area contributed by atoms with Crippen molar-refractivity contribution in [3.05, 3.63) is 33.9 Å². The molecule has 1 heterocycles. The van der Waals surface area contributed by atoms with Crippen LogP contribution in [0.25, 0.3) is 0 Å². The van der Waals surface area contributed by atoms with Crippen molar-refractivity contribution in [3.8, 4) is 5.75 Å². The minimum atomic E-state index is -0.515. The molecule has 114 valence electrons. The Bertz CT molecular complexity index is 561. The van der Waals surface area contributed by atoms with Gasteiger partial charge in [0.25, 0.3) is 11.6 Å². The number of benzene rings is 1. The van der Waals surface area contributed by atoms with Gasteiger partial charge in [0.1, 0.15) is 5.75 Å². The van der Waals surface area contributed by atoms with Gasteiger partial charge in [0.05, 0.1) is 23.7 Å². The van der Waals surface area contributed by atoms with Crippen LogP contribution < -0.4 is 10.5 Å². The van der Waals surface area contributed by atoms with E-state index in [2.05, 4.69) is 0 Å². The zero-order valence-electron chi connectivity index (χ0n) is 12.1. The van der Waals surface area contributed by atoms with Crippen LogP contribution in [-0.2, 0) is 0 Å². The Hall–Kier alpha value is -2.15. The highest BCUT2D eigenvalue weighted by molar-refractivity contribution is 5.97. The van der Waals surface area contributed by atoms with Crippen molar-refractivity contribution < 1.29 is 14.5 Å². The number of nitro groups is 1. The Kier molecular flexibility index (Phi) is 4.42. The lowest BCUT2D eigenvalue weighted by atomic mass is 9.94. The second-order valence-corrected chi connectivity index (χ2v) is 5.32. The summed E-state index contributed by atoms with van der Waals surface area (Å²) in [4.78, 5) is 24.5. The first-order valence-corrected chi connectivity index (χ1v) is 6.81. The maximum atomic E-state index is 12.5. The van der Waals surface area contributed by atoms with Crippen LogP contribution in [0.2, 0.25) is 0 Å². The normalized spacial score (nSPS) is 22.0. The lowest BCUT2D eigenvalue weighted by Crippen LogP contribution is -2.48. The molecule has 0 radical (unpaired) electrons. The Labute approximate surface area is 122 Å². The summed E-state index contributed by atoms with van der Waals surface area (Å²) in [6.45, 7) is 3.18. The molecule has 1 aliphatic heterocycles. The Morgan fingerprint density at radius 2 is 2.24 bits per heavy atom. The summed E-state index contributed by atoms with van der Waals surface area (Å²) >= 11 is 0. The average molecular weight is 293 g/mol. The second-order valence-electron chi connectivity index (χ2n) is 5.32. The number of carbonyl (C=O) groups excluding carboxylic acids is 1. The number of non-ortho nitro benzene ring substituents is 1. The highest BCUT2D eigenvalue weighted by Gasteiger charge is 2.28. The predicted octanol–water partition coefficient (Wildman–Crippen LogP) is 1.41. The Morgan fingerprint density at radius 3 is 2.81 bits per heavy atom. The lowest BCUT2D eigenvalue weighted by molar-refractivity contribution is -0.384. The molecule has 0 aromatic heterocycles. The first kappa shape index (κ1) is 15.2. The van der Waals surface area contributed by atoms with Crippen molar-refractivity contribution in [1.82, 2.24) is 4.90 Å². The van der Waals surface area contributed by atoms with Crippen molar-refractivity contribution in [3.63, 3.8) is 0 Å². The molecule has 1 aliphatic rings. The molecule has 1 amide bonds. The number of hydrogen-bond donors (Lipinski definition) is 1. The molecular formula is C14H19N3O4. The van der Waals surface area contributed by atoms with Crippen molar-refractivity contribution in [1.29, 1.82) is 0 Å². The highest BCUT2D eigenvalue weighted by Crippen LogP contribution is 2.27. The van der Waals surface area contributed by atoms with Gasteiger partial charge in [-0.2, -0.15) is 0 Å². The Balaban J connectivity index is 2.25. The smallest absolute Gasteiger partial charge is 0.273 e. The maximum absolute atomic E-state index is 12.5. The summed E-state index contributed by atoms with van der Waals surface area (Å²) < 4.78 is 5.12. The molecule has 2 atom stereocenters. The summed E-state index contributed by atoms with van der Waals surface area (Å²) in [7, 11) is 1.39. The number of piperidine rings is 1.